The highest BCUT2D eigenvalue weighted by Crippen LogP contribution is 2.25. The van der Waals surface area contributed by atoms with Crippen LogP contribution in [0.1, 0.15) is 46.5 Å². The van der Waals surface area contributed by atoms with Gasteiger partial charge in [0.15, 0.2) is 0 Å². The van der Waals surface area contributed by atoms with Crippen molar-refractivity contribution in [1.82, 2.24) is 10.2 Å². The monoisotopic (exact) mass is 224 g/mol. The molecule has 2 nitrogen and oxygen atoms in total. The normalized spacial score (nSPS) is 20.7. The summed E-state index contributed by atoms with van der Waals surface area (Å²) >= 11 is 0. The molecule has 1 aliphatic heterocycles. The Hall–Kier alpha value is -0.340. The second kappa shape index (κ2) is 6.41. The third-order valence-corrected chi connectivity index (χ3v) is 3.88. The van der Waals surface area contributed by atoms with E-state index < -0.39 is 0 Å². The molecule has 2 heteroatoms. The lowest BCUT2D eigenvalue weighted by molar-refractivity contribution is 0.0624. The van der Waals surface area contributed by atoms with Crippen LogP contribution in [0.2, 0.25) is 0 Å². The van der Waals surface area contributed by atoms with E-state index in [1.807, 2.05) is 6.08 Å². The van der Waals surface area contributed by atoms with Gasteiger partial charge in [-0.05, 0) is 52.7 Å². The van der Waals surface area contributed by atoms with Crippen LogP contribution in [0.25, 0.3) is 0 Å². The van der Waals surface area contributed by atoms with Gasteiger partial charge in [0.25, 0.3) is 0 Å². The molecule has 1 atom stereocenters. The van der Waals surface area contributed by atoms with Gasteiger partial charge in [0.1, 0.15) is 0 Å². The zero-order valence-corrected chi connectivity index (χ0v) is 11.3. The van der Waals surface area contributed by atoms with Crippen LogP contribution < -0.4 is 5.32 Å². The first kappa shape index (κ1) is 13.7. The molecule has 1 N–H and O–H groups in total. The van der Waals surface area contributed by atoms with E-state index in [0.29, 0.717) is 6.04 Å². The van der Waals surface area contributed by atoms with E-state index in [-0.39, 0.29) is 5.54 Å². The lowest BCUT2D eigenvalue weighted by Gasteiger charge is -2.46. The van der Waals surface area contributed by atoms with Crippen LogP contribution in [-0.2, 0) is 0 Å². The Morgan fingerprint density at radius 1 is 1.31 bits per heavy atom. The predicted octanol–water partition coefficient (Wildman–Crippen LogP) is 2.81. The van der Waals surface area contributed by atoms with Crippen LogP contribution in [0.3, 0.4) is 0 Å². The summed E-state index contributed by atoms with van der Waals surface area (Å²) in [5.74, 6) is 0. The van der Waals surface area contributed by atoms with Gasteiger partial charge in [-0.25, -0.2) is 0 Å². The van der Waals surface area contributed by atoms with E-state index in [2.05, 4.69) is 37.6 Å². The van der Waals surface area contributed by atoms with Crippen molar-refractivity contribution in [3.05, 3.63) is 12.7 Å². The third-order valence-electron chi connectivity index (χ3n) is 3.88. The van der Waals surface area contributed by atoms with Gasteiger partial charge in [0.2, 0.25) is 0 Å². The third kappa shape index (κ3) is 3.33. The molecule has 1 saturated heterocycles. The quantitative estimate of drug-likeness (QED) is 0.698. The number of nitrogens with one attached hydrogen (secondary N) is 1. The molecule has 1 aliphatic rings. The van der Waals surface area contributed by atoms with Crippen molar-refractivity contribution in [3.63, 3.8) is 0 Å². The SMILES string of the molecule is C=CCC(NCC)C(C)(C)N1CCCCC1. The Labute approximate surface area is 101 Å². The Morgan fingerprint density at radius 3 is 2.44 bits per heavy atom. The number of rotatable bonds is 6. The summed E-state index contributed by atoms with van der Waals surface area (Å²) in [5, 5.41) is 3.61. The van der Waals surface area contributed by atoms with Crippen molar-refractivity contribution in [1.29, 1.82) is 0 Å². The topological polar surface area (TPSA) is 15.3 Å². The largest absolute Gasteiger partial charge is 0.312 e. The minimum absolute atomic E-state index is 0.241. The minimum atomic E-state index is 0.241. The number of nitrogens with zero attached hydrogens (tertiary/aromatic N) is 1. The second-order valence-electron chi connectivity index (χ2n) is 5.34. The molecule has 94 valence electrons. The Kier molecular flexibility index (Phi) is 5.50. The van der Waals surface area contributed by atoms with E-state index in [9.17, 15) is 0 Å². The molecular weight excluding hydrogens is 196 g/mol. The fourth-order valence-electron chi connectivity index (χ4n) is 2.73. The number of likely N-dealkylation sites (N-methyl/N-ethyl adjacent to an activating group) is 1. The molecule has 0 amide bonds. The first-order valence-corrected chi connectivity index (χ1v) is 6.72. The van der Waals surface area contributed by atoms with Gasteiger partial charge in [-0.2, -0.15) is 0 Å². The van der Waals surface area contributed by atoms with E-state index >= 15 is 0 Å². The number of likely N-dealkylation sites (tertiary alicyclic amines) is 1. The van der Waals surface area contributed by atoms with Crippen molar-refractivity contribution < 1.29 is 0 Å². The average molecular weight is 224 g/mol. The maximum absolute atomic E-state index is 3.88. The van der Waals surface area contributed by atoms with Gasteiger partial charge in [0.05, 0.1) is 0 Å². The van der Waals surface area contributed by atoms with Crippen LogP contribution in [0, 0.1) is 0 Å². The van der Waals surface area contributed by atoms with Gasteiger partial charge >= 0.3 is 0 Å². The van der Waals surface area contributed by atoms with Crippen molar-refractivity contribution in [2.75, 3.05) is 19.6 Å². The molecule has 0 aromatic heterocycles. The molecule has 0 saturated carbocycles. The zero-order chi connectivity index (χ0) is 12.0. The zero-order valence-electron chi connectivity index (χ0n) is 11.3. The maximum atomic E-state index is 3.88. The lowest BCUT2D eigenvalue weighted by Crippen LogP contribution is -2.58. The Balaban J connectivity index is 2.65. The van der Waals surface area contributed by atoms with E-state index in [1.54, 1.807) is 0 Å². The Morgan fingerprint density at radius 2 is 1.94 bits per heavy atom. The van der Waals surface area contributed by atoms with Crippen LogP contribution in [-0.4, -0.2) is 36.1 Å². The summed E-state index contributed by atoms with van der Waals surface area (Å²) in [6.45, 7) is 14.4. The summed E-state index contributed by atoms with van der Waals surface area (Å²) in [6.07, 6.45) is 7.21. The molecule has 0 spiro atoms. The van der Waals surface area contributed by atoms with E-state index in [1.165, 1.54) is 32.4 Å². The molecule has 0 aromatic rings. The smallest absolute Gasteiger partial charge is 0.0309 e. The molecule has 0 aromatic carbocycles. The summed E-state index contributed by atoms with van der Waals surface area (Å²) in [6, 6.07) is 0.521. The van der Waals surface area contributed by atoms with Crippen LogP contribution in [0.15, 0.2) is 12.7 Å². The summed E-state index contributed by atoms with van der Waals surface area (Å²) < 4.78 is 0. The average Bonchev–Trinajstić information content (AvgIpc) is 2.30. The van der Waals surface area contributed by atoms with Gasteiger partial charge in [-0.1, -0.05) is 19.4 Å². The maximum Gasteiger partial charge on any atom is 0.0309 e. The molecule has 1 rings (SSSR count). The summed E-state index contributed by atoms with van der Waals surface area (Å²) in [4.78, 5) is 2.65. The first-order chi connectivity index (χ1) is 7.62. The summed E-state index contributed by atoms with van der Waals surface area (Å²) in [5.41, 5.74) is 0.241. The molecule has 16 heavy (non-hydrogen) atoms. The molecule has 1 heterocycles. The summed E-state index contributed by atoms with van der Waals surface area (Å²) in [7, 11) is 0. The fourth-order valence-corrected chi connectivity index (χ4v) is 2.73. The molecule has 0 radical (unpaired) electrons. The van der Waals surface area contributed by atoms with E-state index in [4.69, 9.17) is 0 Å². The van der Waals surface area contributed by atoms with Gasteiger partial charge in [-0.15, -0.1) is 6.58 Å². The van der Waals surface area contributed by atoms with Crippen molar-refractivity contribution in [2.45, 2.75) is 58.0 Å². The standard InChI is InChI=1S/C14H28N2/c1-5-10-13(15-6-2)14(3,4)16-11-8-7-9-12-16/h5,13,15H,1,6-12H2,2-4H3. The van der Waals surface area contributed by atoms with Crippen LogP contribution in [0.4, 0.5) is 0 Å². The molecule has 1 fully saturated rings. The molecule has 0 aliphatic carbocycles. The molecular formula is C14H28N2. The Bertz CT molecular complexity index is 205. The highest BCUT2D eigenvalue weighted by atomic mass is 15.2. The lowest BCUT2D eigenvalue weighted by atomic mass is 9.88. The van der Waals surface area contributed by atoms with E-state index in [0.717, 1.165) is 13.0 Å². The van der Waals surface area contributed by atoms with Crippen molar-refractivity contribution in [3.8, 4) is 0 Å². The highest BCUT2D eigenvalue weighted by Gasteiger charge is 2.34. The van der Waals surface area contributed by atoms with Gasteiger partial charge in [-0.3, -0.25) is 4.90 Å². The van der Waals surface area contributed by atoms with Gasteiger partial charge in [0, 0.05) is 11.6 Å². The van der Waals surface area contributed by atoms with Gasteiger partial charge < -0.3 is 5.32 Å². The highest BCUT2D eigenvalue weighted by molar-refractivity contribution is 4.97. The van der Waals surface area contributed by atoms with Crippen molar-refractivity contribution in [2.24, 2.45) is 0 Å². The molecule has 0 bridgehead atoms. The first-order valence-electron chi connectivity index (χ1n) is 6.72. The predicted molar refractivity (Wildman–Crippen MR) is 71.8 cm³/mol. The van der Waals surface area contributed by atoms with Crippen LogP contribution in [0.5, 0.6) is 0 Å². The number of hydrogen-bond donors (Lipinski definition) is 1. The van der Waals surface area contributed by atoms with Crippen LogP contribution >= 0.6 is 0 Å². The molecule has 1 unspecified atom stereocenters. The fraction of sp³-hybridized carbons (Fsp3) is 0.857. The number of hydrogen-bond acceptors (Lipinski definition) is 2. The van der Waals surface area contributed by atoms with Crippen molar-refractivity contribution >= 4 is 0 Å². The second-order valence-corrected chi connectivity index (χ2v) is 5.34. The minimum Gasteiger partial charge on any atom is -0.312 e. The number of piperidine rings is 1.